The SMILES string of the molecule is CCOc1cccc(COc2ccc(C)cc2C)c1NC(=O)OC(F)F. The van der Waals surface area contributed by atoms with Gasteiger partial charge < -0.3 is 14.2 Å². The van der Waals surface area contributed by atoms with Crippen LogP contribution in [0.2, 0.25) is 0 Å². The van der Waals surface area contributed by atoms with Gasteiger partial charge in [0, 0.05) is 5.56 Å². The monoisotopic (exact) mass is 365 g/mol. The molecule has 0 aliphatic carbocycles. The number of amides is 1. The molecule has 5 nitrogen and oxygen atoms in total. The van der Waals surface area contributed by atoms with Crippen molar-refractivity contribution in [3.63, 3.8) is 0 Å². The number of para-hydroxylation sites is 1. The van der Waals surface area contributed by atoms with Crippen LogP contribution in [0.4, 0.5) is 19.3 Å². The van der Waals surface area contributed by atoms with Crippen LogP contribution in [-0.2, 0) is 11.3 Å². The van der Waals surface area contributed by atoms with Gasteiger partial charge in [-0.2, -0.15) is 8.78 Å². The van der Waals surface area contributed by atoms with Gasteiger partial charge in [-0.05, 0) is 38.5 Å². The number of nitrogens with one attached hydrogen (secondary N) is 1. The summed E-state index contributed by atoms with van der Waals surface area (Å²) in [7, 11) is 0. The highest BCUT2D eigenvalue weighted by Gasteiger charge is 2.17. The van der Waals surface area contributed by atoms with Gasteiger partial charge in [-0.15, -0.1) is 0 Å². The molecular weight excluding hydrogens is 344 g/mol. The summed E-state index contributed by atoms with van der Waals surface area (Å²) >= 11 is 0. The van der Waals surface area contributed by atoms with Gasteiger partial charge in [0.15, 0.2) is 0 Å². The van der Waals surface area contributed by atoms with Crippen LogP contribution in [0.5, 0.6) is 11.5 Å². The largest absolute Gasteiger partial charge is 0.492 e. The lowest BCUT2D eigenvalue weighted by Crippen LogP contribution is -2.18. The molecule has 0 saturated heterocycles. The molecule has 2 aromatic rings. The summed E-state index contributed by atoms with van der Waals surface area (Å²) < 4.78 is 39.6. The highest BCUT2D eigenvalue weighted by Crippen LogP contribution is 2.30. The quantitative estimate of drug-likeness (QED) is 0.746. The molecule has 140 valence electrons. The number of aryl methyl sites for hydroxylation is 2. The Morgan fingerprint density at radius 1 is 1.12 bits per heavy atom. The maximum Gasteiger partial charge on any atom is 0.416 e. The van der Waals surface area contributed by atoms with Crippen LogP contribution >= 0.6 is 0 Å². The smallest absolute Gasteiger partial charge is 0.416 e. The highest BCUT2D eigenvalue weighted by molar-refractivity contribution is 5.88. The van der Waals surface area contributed by atoms with Crippen molar-refractivity contribution in [3.05, 3.63) is 53.1 Å². The van der Waals surface area contributed by atoms with E-state index in [0.717, 1.165) is 11.1 Å². The lowest BCUT2D eigenvalue weighted by molar-refractivity contribution is -0.0767. The fourth-order valence-corrected chi connectivity index (χ4v) is 2.44. The van der Waals surface area contributed by atoms with Crippen LogP contribution in [0.1, 0.15) is 23.6 Å². The molecule has 7 heteroatoms. The molecule has 1 N–H and O–H groups in total. The fraction of sp³-hybridized carbons (Fsp3) is 0.316. The summed E-state index contributed by atoms with van der Waals surface area (Å²) in [6.45, 7) is 2.95. The van der Waals surface area contributed by atoms with Crippen LogP contribution in [-0.4, -0.2) is 19.3 Å². The summed E-state index contributed by atoms with van der Waals surface area (Å²) in [5, 5.41) is 2.31. The Morgan fingerprint density at radius 2 is 1.88 bits per heavy atom. The third-order valence-corrected chi connectivity index (χ3v) is 3.55. The normalized spacial score (nSPS) is 10.5. The number of hydrogen-bond acceptors (Lipinski definition) is 4. The lowest BCUT2D eigenvalue weighted by atomic mass is 10.1. The van der Waals surface area contributed by atoms with E-state index in [2.05, 4.69) is 10.1 Å². The van der Waals surface area contributed by atoms with Crippen molar-refractivity contribution in [1.29, 1.82) is 0 Å². The van der Waals surface area contributed by atoms with Gasteiger partial charge in [0.05, 0.1) is 12.3 Å². The second kappa shape index (κ2) is 9.03. The molecule has 0 aliphatic heterocycles. The average Bonchev–Trinajstić information content (AvgIpc) is 2.56. The topological polar surface area (TPSA) is 56.8 Å². The molecule has 0 heterocycles. The van der Waals surface area contributed by atoms with E-state index in [4.69, 9.17) is 9.47 Å². The number of carbonyl (C=O) groups is 1. The number of halogens is 2. The van der Waals surface area contributed by atoms with Gasteiger partial charge in [0.25, 0.3) is 0 Å². The molecule has 2 rings (SSSR count). The molecule has 0 unspecified atom stereocenters. The molecule has 0 fully saturated rings. The van der Waals surface area contributed by atoms with Gasteiger partial charge in [0.2, 0.25) is 0 Å². The molecule has 26 heavy (non-hydrogen) atoms. The average molecular weight is 365 g/mol. The van der Waals surface area contributed by atoms with Crippen LogP contribution in [0.3, 0.4) is 0 Å². The molecule has 0 spiro atoms. The van der Waals surface area contributed by atoms with Crippen molar-refractivity contribution in [1.82, 2.24) is 0 Å². The Morgan fingerprint density at radius 3 is 2.54 bits per heavy atom. The first-order chi connectivity index (χ1) is 12.4. The first-order valence-corrected chi connectivity index (χ1v) is 8.11. The molecule has 0 aromatic heterocycles. The molecule has 0 radical (unpaired) electrons. The molecular formula is C19H21F2NO4. The van der Waals surface area contributed by atoms with E-state index in [1.165, 1.54) is 0 Å². The zero-order valence-electron chi connectivity index (χ0n) is 14.8. The standard InChI is InChI=1S/C19H21F2NO4/c1-4-24-16-7-5-6-14(17(16)22-19(23)26-18(20)21)11-25-15-9-8-12(2)10-13(15)3/h5-10,18H,4,11H2,1-3H3,(H,22,23). The third kappa shape index (κ3) is 5.34. The number of rotatable bonds is 7. The Kier molecular flexibility index (Phi) is 6.77. The van der Waals surface area contributed by atoms with Crippen molar-refractivity contribution in [2.75, 3.05) is 11.9 Å². The molecule has 0 atom stereocenters. The first-order valence-electron chi connectivity index (χ1n) is 8.11. The van der Waals surface area contributed by atoms with Crippen molar-refractivity contribution >= 4 is 11.8 Å². The van der Waals surface area contributed by atoms with Gasteiger partial charge in [-0.3, -0.25) is 5.32 Å². The maximum atomic E-state index is 12.2. The van der Waals surface area contributed by atoms with Gasteiger partial charge in [0.1, 0.15) is 18.1 Å². The van der Waals surface area contributed by atoms with E-state index in [1.54, 1.807) is 25.1 Å². The zero-order chi connectivity index (χ0) is 19.1. The molecule has 0 aliphatic rings. The number of anilines is 1. The van der Waals surface area contributed by atoms with Crippen LogP contribution in [0.15, 0.2) is 36.4 Å². The number of carbonyl (C=O) groups excluding carboxylic acids is 1. The molecule has 2 aromatic carbocycles. The molecule has 0 bridgehead atoms. The van der Waals surface area contributed by atoms with Gasteiger partial charge >= 0.3 is 12.7 Å². The zero-order valence-corrected chi connectivity index (χ0v) is 14.8. The second-order valence-corrected chi connectivity index (χ2v) is 5.57. The maximum absolute atomic E-state index is 12.2. The lowest BCUT2D eigenvalue weighted by Gasteiger charge is -2.17. The predicted molar refractivity (Wildman–Crippen MR) is 94.0 cm³/mol. The minimum absolute atomic E-state index is 0.120. The van der Waals surface area contributed by atoms with E-state index in [1.807, 2.05) is 32.0 Å². The predicted octanol–water partition coefficient (Wildman–Crippen LogP) is 5.05. The van der Waals surface area contributed by atoms with Crippen molar-refractivity contribution in [3.8, 4) is 11.5 Å². The molecule has 1 amide bonds. The van der Waals surface area contributed by atoms with Gasteiger partial charge in [-0.25, -0.2) is 4.79 Å². The van der Waals surface area contributed by atoms with Crippen LogP contribution in [0, 0.1) is 13.8 Å². The second-order valence-electron chi connectivity index (χ2n) is 5.57. The highest BCUT2D eigenvalue weighted by atomic mass is 19.3. The van der Waals surface area contributed by atoms with E-state index in [9.17, 15) is 13.6 Å². The Bertz CT molecular complexity index is 765. The van der Waals surface area contributed by atoms with E-state index in [-0.39, 0.29) is 12.3 Å². The summed E-state index contributed by atoms with van der Waals surface area (Å²) in [6, 6.07) is 10.8. The third-order valence-electron chi connectivity index (χ3n) is 3.55. The minimum Gasteiger partial charge on any atom is -0.492 e. The molecule has 0 saturated carbocycles. The first kappa shape index (κ1) is 19.5. The Labute approximate surface area is 150 Å². The Balaban J connectivity index is 2.23. The number of ether oxygens (including phenoxy) is 3. The number of hydrogen-bond donors (Lipinski definition) is 1. The van der Waals surface area contributed by atoms with Crippen LogP contribution in [0.25, 0.3) is 0 Å². The van der Waals surface area contributed by atoms with E-state index in [0.29, 0.717) is 23.7 Å². The van der Waals surface area contributed by atoms with Crippen molar-refractivity contribution in [2.45, 2.75) is 34.0 Å². The van der Waals surface area contributed by atoms with E-state index < -0.39 is 12.7 Å². The van der Waals surface area contributed by atoms with Crippen LogP contribution < -0.4 is 14.8 Å². The number of benzene rings is 2. The summed E-state index contributed by atoms with van der Waals surface area (Å²) in [4.78, 5) is 11.6. The fourth-order valence-electron chi connectivity index (χ4n) is 2.44. The van der Waals surface area contributed by atoms with Crippen molar-refractivity contribution in [2.24, 2.45) is 0 Å². The summed E-state index contributed by atoms with van der Waals surface area (Å²) in [5.74, 6) is 1.04. The minimum atomic E-state index is -3.20. The van der Waals surface area contributed by atoms with Crippen molar-refractivity contribution < 1.29 is 27.8 Å². The summed E-state index contributed by atoms with van der Waals surface area (Å²) in [6.07, 6.45) is -1.26. The van der Waals surface area contributed by atoms with E-state index >= 15 is 0 Å². The number of alkyl halides is 2. The summed E-state index contributed by atoms with van der Waals surface area (Å²) in [5.41, 5.74) is 2.90. The van der Waals surface area contributed by atoms with Gasteiger partial charge in [-0.1, -0.05) is 29.8 Å². The Hall–Kier alpha value is -2.83.